The molecule has 0 atom stereocenters. The van der Waals surface area contributed by atoms with Gasteiger partial charge in [-0.3, -0.25) is 4.74 Å². The first-order chi connectivity index (χ1) is 9.29. The summed E-state index contributed by atoms with van der Waals surface area (Å²) in [5.74, 6) is -2.40. The van der Waals surface area contributed by atoms with Gasteiger partial charge in [-0.25, -0.2) is 9.18 Å². The van der Waals surface area contributed by atoms with Crippen LogP contribution in [0.5, 0.6) is 5.75 Å². The molecule has 0 heterocycles. The minimum absolute atomic E-state index is 0.0967. The molecule has 0 aliphatic heterocycles. The molecule has 0 unspecified atom stereocenters. The molecule has 0 aromatic heterocycles. The Hall–Kier alpha value is -2.09. The van der Waals surface area contributed by atoms with Crippen LogP contribution in [0.25, 0.3) is 6.08 Å². The van der Waals surface area contributed by atoms with E-state index >= 15 is 0 Å². The van der Waals surface area contributed by atoms with Crippen molar-refractivity contribution in [2.45, 2.75) is 6.36 Å². The van der Waals surface area contributed by atoms with Gasteiger partial charge in [-0.05, 0) is 12.1 Å². The molecular formula is C12H10F4O4. The number of hydrogen-bond acceptors (Lipinski definition) is 3. The van der Waals surface area contributed by atoms with E-state index in [9.17, 15) is 22.4 Å². The highest BCUT2D eigenvalue weighted by Crippen LogP contribution is 2.24. The minimum atomic E-state index is -4.79. The molecule has 0 amide bonds. The zero-order chi connectivity index (χ0) is 15.2. The zero-order valence-electron chi connectivity index (χ0n) is 9.98. The molecule has 1 N–H and O–H groups in total. The lowest BCUT2D eigenvalue weighted by Crippen LogP contribution is -2.18. The highest BCUT2D eigenvalue weighted by atomic mass is 19.4. The first-order valence-electron chi connectivity index (χ1n) is 5.32. The third kappa shape index (κ3) is 5.70. The maximum Gasteiger partial charge on any atom is 0.522 e. The average molecular weight is 294 g/mol. The monoisotopic (exact) mass is 294 g/mol. The summed E-state index contributed by atoms with van der Waals surface area (Å²) in [6.07, 6.45) is -2.95. The summed E-state index contributed by atoms with van der Waals surface area (Å²) in [6, 6.07) is 3.72. The Labute approximate surface area is 111 Å². The van der Waals surface area contributed by atoms with Crippen molar-refractivity contribution in [3.05, 3.63) is 35.7 Å². The van der Waals surface area contributed by atoms with Gasteiger partial charge in [0.25, 0.3) is 0 Å². The Morgan fingerprint density at radius 2 is 2.00 bits per heavy atom. The Bertz CT molecular complexity index is 497. The molecule has 4 nitrogen and oxygen atoms in total. The summed E-state index contributed by atoms with van der Waals surface area (Å²) < 4.78 is 57.0. The Morgan fingerprint density at radius 1 is 1.30 bits per heavy atom. The van der Waals surface area contributed by atoms with Crippen LogP contribution in [-0.4, -0.2) is 30.7 Å². The average Bonchev–Trinajstić information content (AvgIpc) is 2.32. The van der Waals surface area contributed by atoms with E-state index < -0.39 is 31.4 Å². The summed E-state index contributed by atoms with van der Waals surface area (Å²) in [6.45, 7) is -1.34. The van der Waals surface area contributed by atoms with Gasteiger partial charge in [-0.15, -0.1) is 13.2 Å². The fraction of sp³-hybridized carbons (Fsp3) is 0.250. The Morgan fingerprint density at radius 3 is 2.60 bits per heavy atom. The van der Waals surface area contributed by atoms with Crippen molar-refractivity contribution in [2.75, 3.05) is 13.2 Å². The molecule has 1 aromatic rings. The quantitative estimate of drug-likeness (QED) is 0.498. The number of para-hydroxylation sites is 1. The van der Waals surface area contributed by atoms with Gasteiger partial charge in [-0.1, -0.05) is 12.1 Å². The fourth-order valence-corrected chi connectivity index (χ4v) is 1.27. The van der Waals surface area contributed by atoms with E-state index in [0.29, 0.717) is 0 Å². The van der Waals surface area contributed by atoms with Crippen molar-refractivity contribution in [3.8, 4) is 5.75 Å². The maximum atomic E-state index is 13.5. The van der Waals surface area contributed by atoms with Crippen LogP contribution in [0.3, 0.4) is 0 Å². The molecule has 0 aliphatic carbocycles. The van der Waals surface area contributed by atoms with Crippen LogP contribution in [0.2, 0.25) is 0 Å². The van der Waals surface area contributed by atoms with E-state index in [1.54, 1.807) is 0 Å². The van der Waals surface area contributed by atoms with E-state index in [0.717, 1.165) is 18.2 Å². The van der Waals surface area contributed by atoms with E-state index in [1.165, 1.54) is 12.1 Å². The lowest BCUT2D eigenvalue weighted by molar-refractivity contribution is -0.325. The maximum absolute atomic E-state index is 13.5. The van der Waals surface area contributed by atoms with Gasteiger partial charge in [0.2, 0.25) is 0 Å². The Kier molecular flexibility index (Phi) is 5.51. The van der Waals surface area contributed by atoms with Gasteiger partial charge in [-0.2, -0.15) is 0 Å². The van der Waals surface area contributed by atoms with Crippen molar-refractivity contribution >= 4 is 12.0 Å². The number of benzene rings is 1. The molecule has 0 fully saturated rings. The molecule has 1 rings (SSSR count). The lowest BCUT2D eigenvalue weighted by atomic mass is 10.2. The summed E-state index contributed by atoms with van der Waals surface area (Å²) >= 11 is 0. The number of carboxylic acids is 1. The summed E-state index contributed by atoms with van der Waals surface area (Å²) in [5, 5.41) is 8.47. The second-order valence-corrected chi connectivity index (χ2v) is 3.47. The van der Waals surface area contributed by atoms with Crippen LogP contribution >= 0.6 is 0 Å². The standard InChI is InChI=1S/C12H10F4O4/c13-9-3-1-2-8(4-5-10(17)18)11(9)19-6-7-20-12(14,15)16/h1-5H,6-7H2,(H,17,18)/b5-4+. The number of aliphatic carboxylic acids is 1. The number of carboxylic acid groups (broad SMARTS) is 1. The minimum Gasteiger partial charge on any atom is -0.487 e. The van der Waals surface area contributed by atoms with Crippen LogP contribution in [0, 0.1) is 5.82 Å². The fourth-order valence-electron chi connectivity index (χ4n) is 1.27. The predicted octanol–water partition coefficient (Wildman–Crippen LogP) is 2.84. The number of halogens is 4. The van der Waals surface area contributed by atoms with Gasteiger partial charge < -0.3 is 9.84 Å². The molecule has 0 radical (unpaired) electrons. The lowest BCUT2D eigenvalue weighted by Gasteiger charge is -2.11. The van der Waals surface area contributed by atoms with Gasteiger partial charge >= 0.3 is 12.3 Å². The third-order valence-electron chi connectivity index (χ3n) is 2.00. The number of ether oxygens (including phenoxy) is 2. The van der Waals surface area contributed by atoms with Crippen molar-refractivity contribution in [3.63, 3.8) is 0 Å². The van der Waals surface area contributed by atoms with Crippen LogP contribution < -0.4 is 4.74 Å². The van der Waals surface area contributed by atoms with Gasteiger partial charge in [0, 0.05) is 11.6 Å². The third-order valence-corrected chi connectivity index (χ3v) is 2.00. The normalized spacial score (nSPS) is 11.8. The van der Waals surface area contributed by atoms with Gasteiger partial charge in [0.15, 0.2) is 11.6 Å². The van der Waals surface area contributed by atoms with Crippen LogP contribution in [0.1, 0.15) is 5.56 Å². The van der Waals surface area contributed by atoms with E-state index in [-0.39, 0.29) is 11.3 Å². The molecule has 110 valence electrons. The summed E-state index contributed by atoms with van der Waals surface area (Å²) in [4.78, 5) is 10.4. The number of rotatable bonds is 6. The van der Waals surface area contributed by atoms with Crippen molar-refractivity contribution in [2.24, 2.45) is 0 Å². The second-order valence-electron chi connectivity index (χ2n) is 3.47. The summed E-state index contributed by atoms with van der Waals surface area (Å²) in [5.41, 5.74) is 0.0967. The van der Waals surface area contributed by atoms with E-state index in [1.807, 2.05) is 0 Å². The highest BCUT2D eigenvalue weighted by Gasteiger charge is 2.28. The Balaban J connectivity index is 2.71. The molecule has 0 spiro atoms. The molecule has 0 aliphatic rings. The predicted molar refractivity (Wildman–Crippen MR) is 60.6 cm³/mol. The highest BCUT2D eigenvalue weighted by molar-refractivity contribution is 5.85. The van der Waals surface area contributed by atoms with Crippen molar-refractivity contribution in [1.82, 2.24) is 0 Å². The largest absolute Gasteiger partial charge is 0.522 e. The molecule has 0 saturated heterocycles. The van der Waals surface area contributed by atoms with Crippen molar-refractivity contribution < 1.29 is 36.9 Å². The van der Waals surface area contributed by atoms with Crippen LogP contribution in [0.15, 0.2) is 24.3 Å². The molecule has 0 saturated carbocycles. The van der Waals surface area contributed by atoms with Gasteiger partial charge in [0.05, 0.1) is 6.61 Å². The molecule has 8 heteroatoms. The van der Waals surface area contributed by atoms with Gasteiger partial charge in [0.1, 0.15) is 6.61 Å². The topological polar surface area (TPSA) is 55.8 Å². The first-order valence-corrected chi connectivity index (χ1v) is 5.32. The number of carbonyl (C=O) groups is 1. The molecular weight excluding hydrogens is 284 g/mol. The molecule has 1 aromatic carbocycles. The smallest absolute Gasteiger partial charge is 0.487 e. The van der Waals surface area contributed by atoms with Crippen molar-refractivity contribution in [1.29, 1.82) is 0 Å². The van der Waals surface area contributed by atoms with E-state index in [2.05, 4.69) is 4.74 Å². The molecule has 20 heavy (non-hydrogen) atoms. The number of hydrogen-bond donors (Lipinski definition) is 1. The molecule has 0 bridgehead atoms. The zero-order valence-corrected chi connectivity index (χ0v) is 9.98. The summed E-state index contributed by atoms with van der Waals surface area (Å²) in [7, 11) is 0. The second kappa shape index (κ2) is 6.90. The SMILES string of the molecule is O=C(O)/C=C/c1cccc(F)c1OCCOC(F)(F)F. The van der Waals surface area contributed by atoms with Crippen LogP contribution in [0.4, 0.5) is 17.6 Å². The number of alkyl halides is 3. The first kappa shape index (κ1) is 16.0. The van der Waals surface area contributed by atoms with E-state index in [4.69, 9.17) is 9.84 Å². The van der Waals surface area contributed by atoms with Crippen LogP contribution in [-0.2, 0) is 9.53 Å².